The van der Waals surface area contributed by atoms with Crippen molar-refractivity contribution >= 4 is 33.0 Å². The monoisotopic (exact) mass is 359 g/mol. The van der Waals surface area contributed by atoms with Gasteiger partial charge in [-0.05, 0) is 25.0 Å². The van der Waals surface area contributed by atoms with E-state index in [1.54, 1.807) is 18.5 Å². The molecule has 1 aliphatic heterocycles. The first-order chi connectivity index (χ1) is 10.6. The van der Waals surface area contributed by atoms with E-state index in [1.807, 2.05) is 0 Å². The minimum atomic E-state index is -3.52. The summed E-state index contributed by atoms with van der Waals surface area (Å²) >= 11 is 6.90. The molecule has 0 saturated carbocycles. The Balaban J connectivity index is 1.73. The zero-order valence-corrected chi connectivity index (χ0v) is 13.9. The first kappa shape index (κ1) is 15.7. The molecule has 6 nitrogen and oxygen atoms in total. The van der Waals surface area contributed by atoms with Crippen LogP contribution in [-0.4, -0.2) is 41.9 Å². The molecule has 0 aliphatic carbocycles. The third-order valence-electron chi connectivity index (χ3n) is 3.31. The van der Waals surface area contributed by atoms with Crippen LogP contribution >= 0.6 is 22.9 Å². The van der Waals surface area contributed by atoms with Crippen molar-refractivity contribution in [1.29, 1.82) is 0 Å². The van der Waals surface area contributed by atoms with Gasteiger partial charge in [-0.25, -0.2) is 13.4 Å². The van der Waals surface area contributed by atoms with E-state index in [4.69, 9.17) is 16.3 Å². The predicted molar refractivity (Wildman–Crippen MR) is 83.8 cm³/mol. The van der Waals surface area contributed by atoms with Crippen molar-refractivity contribution in [2.75, 3.05) is 13.1 Å². The molecule has 1 aliphatic rings. The Labute approximate surface area is 137 Å². The molecule has 0 aromatic carbocycles. The lowest BCUT2D eigenvalue weighted by Gasteiger charge is -2.31. The predicted octanol–water partition coefficient (Wildman–Crippen LogP) is 2.42. The number of hydrogen-bond acceptors (Lipinski definition) is 6. The highest BCUT2D eigenvalue weighted by molar-refractivity contribution is 7.91. The summed E-state index contributed by atoms with van der Waals surface area (Å²) in [6.07, 6.45) is 5.92. The number of sulfonamides is 1. The molecule has 0 spiro atoms. The molecular weight excluding hydrogens is 346 g/mol. The minimum Gasteiger partial charge on any atom is -0.472 e. The minimum absolute atomic E-state index is 0.226. The molecule has 9 heteroatoms. The number of hydrogen-bond donors (Lipinski definition) is 0. The van der Waals surface area contributed by atoms with E-state index in [0.717, 1.165) is 24.2 Å². The summed E-state index contributed by atoms with van der Waals surface area (Å²) in [7, 11) is -3.52. The molecule has 0 amide bonds. The molecule has 22 heavy (non-hydrogen) atoms. The Bertz CT molecular complexity index is 736. The second-order valence-electron chi connectivity index (χ2n) is 4.85. The molecular formula is C13H14ClN3O3S2. The van der Waals surface area contributed by atoms with E-state index in [1.165, 1.54) is 16.6 Å². The van der Waals surface area contributed by atoms with Gasteiger partial charge in [0.1, 0.15) is 10.3 Å². The maximum Gasteiger partial charge on any atom is 0.252 e. The number of thiophene rings is 1. The Hall–Kier alpha value is -1.22. The van der Waals surface area contributed by atoms with Gasteiger partial charge >= 0.3 is 0 Å². The number of nitrogens with zero attached hydrogens (tertiary/aromatic N) is 3. The van der Waals surface area contributed by atoms with Crippen LogP contribution in [0.3, 0.4) is 0 Å². The van der Waals surface area contributed by atoms with Crippen molar-refractivity contribution in [2.24, 2.45) is 0 Å². The molecule has 0 bridgehead atoms. The number of piperidine rings is 1. The van der Waals surface area contributed by atoms with Crippen LogP contribution in [0.1, 0.15) is 12.8 Å². The fourth-order valence-electron chi connectivity index (χ4n) is 2.30. The summed E-state index contributed by atoms with van der Waals surface area (Å²) in [5, 5.41) is 0. The average molecular weight is 360 g/mol. The number of halogens is 1. The van der Waals surface area contributed by atoms with Gasteiger partial charge in [0.15, 0.2) is 0 Å². The zero-order chi connectivity index (χ0) is 15.6. The highest BCUT2D eigenvalue weighted by Crippen LogP contribution is 2.30. The molecule has 3 heterocycles. The molecule has 2 aromatic rings. The smallest absolute Gasteiger partial charge is 0.252 e. The number of rotatable bonds is 4. The summed E-state index contributed by atoms with van der Waals surface area (Å²) in [5.41, 5.74) is 0. The fourth-order valence-corrected chi connectivity index (χ4v) is 5.45. The lowest BCUT2D eigenvalue weighted by Crippen LogP contribution is -2.44. The van der Waals surface area contributed by atoms with Crippen LogP contribution in [0.25, 0.3) is 0 Å². The summed E-state index contributed by atoms with van der Waals surface area (Å²) in [5.74, 6) is 0.408. The zero-order valence-electron chi connectivity index (χ0n) is 11.6. The molecule has 0 radical (unpaired) electrons. The molecule has 0 N–H and O–H groups in total. The van der Waals surface area contributed by atoms with Crippen molar-refractivity contribution in [3.05, 3.63) is 35.1 Å². The topological polar surface area (TPSA) is 72.4 Å². The third kappa shape index (κ3) is 3.40. The fraction of sp³-hybridized carbons (Fsp3) is 0.385. The lowest BCUT2D eigenvalue weighted by atomic mass is 10.1. The van der Waals surface area contributed by atoms with Crippen molar-refractivity contribution in [3.63, 3.8) is 0 Å². The van der Waals surface area contributed by atoms with Gasteiger partial charge in [0, 0.05) is 18.9 Å². The molecule has 1 atom stereocenters. The summed E-state index contributed by atoms with van der Waals surface area (Å²) in [6.45, 7) is 0.784. The van der Waals surface area contributed by atoms with Crippen LogP contribution < -0.4 is 4.74 Å². The van der Waals surface area contributed by atoms with Gasteiger partial charge in [0.2, 0.25) is 5.88 Å². The molecule has 3 rings (SSSR count). The van der Waals surface area contributed by atoms with E-state index in [2.05, 4.69) is 9.97 Å². The Morgan fingerprint density at radius 3 is 2.91 bits per heavy atom. The molecule has 1 saturated heterocycles. The van der Waals surface area contributed by atoms with Crippen LogP contribution in [0, 0.1) is 0 Å². The van der Waals surface area contributed by atoms with E-state index < -0.39 is 10.0 Å². The molecule has 118 valence electrons. The van der Waals surface area contributed by atoms with E-state index >= 15 is 0 Å². The van der Waals surface area contributed by atoms with Gasteiger partial charge in [-0.2, -0.15) is 4.31 Å². The quantitative estimate of drug-likeness (QED) is 0.838. The second kappa shape index (κ2) is 6.49. The first-order valence-electron chi connectivity index (χ1n) is 6.74. The maximum atomic E-state index is 12.6. The SMILES string of the molecule is O=S(=O)(c1ccc(Cl)s1)N1CCCC(Oc2cnccn2)C1. The number of ether oxygens (including phenoxy) is 1. The van der Waals surface area contributed by atoms with Crippen LogP contribution in [0.15, 0.2) is 34.9 Å². The van der Waals surface area contributed by atoms with Gasteiger partial charge in [-0.15, -0.1) is 11.3 Å². The molecule has 1 fully saturated rings. The molecule has 1 unspecified atom stereocenters. The normalized spacial score (nSPS) is 20.0. The van der Waals surface area contributed by atoms with E-state index in [-0.39, 0.29) is 10.3 Å². The van der Waals surface area contributed by atoms with Gasteiger partial charge < -0.3 is 4.74 Å². The Morgan fingerprint density at radius 1 is 1.36 bits per heavy atom. The van der Waals surface area contributed by atoms with Crippen molar-refractivity contribution in [2.45, 2.75) is 23.2 Å². The Kier molecular flexibility index (Phi) is 4.62. The van der Waals surface area contributed by atoms with Crippen LogP contribution in [0.5, 0.6) is 5.88 Å². The third-order valence-corrected chi connectivity index (χ3v) is 6.87. The van der Waals surface area contributed by atoms with Gasteiger partial charge in [-0.3, -0.25) is 4.98 Å². The highest BCUT2D eigenvalue weighted by Gasteiger charge is 2.32. The second-order valence-corrected chi connectivity index (χ2v) is 8.73. The van der Waals surface area contributed by atoms with Crippen LogP contribution in [0.4, 0.5) is 0 Å². The van der Waals surface area contributed by atoms with Crippen LogP contribution in [-0.2, 0) is 10.0 Å². The average Bonchev–Trinajstić information content (AvgIpc) is 2.96. The maximum absolute atomic E-state index is 12.6. The van der Waals surface area contributed by atoms with Crippen molar-refractivity contribution < 1.29 is 13.2 Å². The van der Waals surface area contributed by atoms with Gasteiger partial charge in [-0.1, -0.05) is 11.6 Å². The summed E-state index contributed by atoms with van der Waals surface area (Å²) in [6, 6.07) is 3.13. The summed E-state index contributed by atoms with van der Waals surface area (Å²) < 4.78 is 33.1. The standard InChI is InChI=1S/C13H14ClN3O3S2/c14-11-3-4-13(21-11)22(18,19)17-7-1-2-10(9-17)20-12-8-15-5-6-16-12/h3-6,8,10H,1-2,7,9H2. The highest BCUT2D eigenvalue weighted by atomic mass is 35.5. The largest absolute Gasteiger partial charge is 0.472 e. The van der Waals surface area contributed by atoms with Gasteiger partial charge in [0.25, 0.3) is 10.0 Å². The lowest BCUT2D eigenvalue weighted by molar-refractivity contribution is 0.124. The Morgan fingerprint density at radius 2 is 2.23 bits per heavy atom. The van der Waals surface area contributed by atoms with Crippen LogP contribution in [0.2, 0.25) is 4.34 Å². The number of aromatic nitrogens is 2. The van der Waals surface area contributed by atoms with Crippen molar-refractivity contribution in [1.82, 2.24) is 14.3 Å². The van der Waals surface area contributed by atoms with Crippen molar-refractivity contribution in [3.8, 4) is 5.88 Å². The first-order valence-corrected chi connectivity index (χ1v) is 9.37. The summed E-state index contributed by atoms with van der Waals surface area (Å²) in [4.78, 5) is 7.99. The van der Waals surface area contributed by atoms with E-state index in [9.17, 15) is 8.42 Å². The molecule has 2 aromatic heterocycles. The van der Waals surface area contributed by atoms with Gasteiger partial charge in [0.05, 0.1) is 17.1 Å². The van der Waals surface area contributed by atoms with E-state index in [0.29, 0.717) is 23.3 Å².